The van der Waals surface area contributed by atoms with E-state index in [0.717, 1.165) is 6.33 Å². The number of nitrogens with zero attached hydrogens (tertiary/aromatic N) is 4. The summed E-state index contributed by atoms with van der Waals surface area (Å²) in [6.07, 6.45) is -3.65. The lowest BCUT2D eigenvalue weighted by Crippen LogP contribution is -2.34. The lowest BCUT2D eigenvalue weighted by atomic mass is 10.1. The van der Waals surface area contributed by atoms with E-state index in [-0.39, 0.29) is 29.8 Å². The van der Waals surface area contributed by atoms with Crippen molar-refractivity contribution >= 4 is 52.4 Å². The number of nitrogen functional groups attached to an aromatic ring is 1. The first-order valence-electron chi connectivity index (χ1n) is 11.1. The molecule has 0 amide bonds. The molecule has 1 saturated heterocycles. The Labute approximate surface area is 239 Å². The van der Waals surface area contributed by atoms with Gasteiger partial charge in [-0.2, -0.15) is 20.4 Å². The molecule has 1 fully saturated rings. The number of anilines is 1. The highest BCUT2D eigenvalue weighted by molar-refractivity contribution is 7.66. The van der Waals surface area contributed by atoms with Crippen LogP contribution in [0.5, 0.6) is 0 Å². The standard InChI is InChI=1S/C10H16N5O13P3.C5H11N3O4/c11-8-5-9(13-2-12-8)15(3-14-5)10-7(17)6(16)4(26-10)1-25-30(21,22)28-31(23,24)27-29(18,19)20;6-3(5(10)12-8)1-2-4(9)11-7/h2-4,6-7,10,16-17H,1H2,(H,21,22)(H,23,24)(H2,11,12,13)(H2,18,19,20);3H,1-2,6-8H2/t4-,6-,7-,10-;3-/m10/s1. The molecule has 2 aromatic rings. The number of phosphoric ester groups is 1. The maximum atomic E-state index is 11.8. The smallest absolute Gasteiger partial charge is 0.387 e. The lowest BCUT2D eigenvalue weighted by molar-refractivity contribution is -0.147. The number of hydrogen-bond donors (Lipinski definition) is 10. The number of aliphatic hydroxyl groups excluding tert-OH is 2. The third kappa shape index (κ3) is 10.8. The van der Waals surface area contributed by atoms with Crippen molar-refractivity contribution in [3.63, 3.8) is 0 Å². The Balaban J connectivity index is 0.000000455. The van der Waals surface area contributed by atoms with E-state index in [0.29, 0.717) is 0 Å². The quantitative estimate of drug-likeness (QED) is 0.0759. The van der Waals surface area contributed by atoms with Crippen molar-refractivity contribution in [1.29, 1.82) is 0 Å². The third-order valence-corrected chi connectivity index (χ3v) is 8.83. The number of phosphoric acid groups is 3. The molecule has 2 aromatic heterocycles. The van der Waals surface area contributed by atoms with Crippen molar-refractivity contribution in [1.82, 2.24) is 19.5 Å². The van der Waals surface area contributed by atoms with Crippen LogP contribution in [0.2, 0.25) is 0 Å². The average molecular weight is 684 g/mol. The number of hydrogen-bond acceptors (Lipinski definition) is 20. The highest BCUT2D eigenvalue weighted by atomic mass is 31.3. The Morgan fingerprint density at radius 3 is 2.23 bits per heavy atom. The van der Waals surface area contributed by atoms with Gasteiger partial charge in [0.25, 0.3) is 0 Å². The Morgan fingerprint density at radius 2 is 1.65 bits per heavy atom. The van der Waals surface area contributed by atoms with Gasteiger partial charge in [0.05, 0.1) is 12.9 Å². The van der Waals surface area contributed by atoms with Crippen LogP contribution in [0.15, 0.2) is 12.7 Å². The van der Waals surface area contributed by atoms with Gasteiger partial charge in [0.1, 0.15) is 36.2 Å². The van der Waals surface area contributed by atoms with Gasteiger partial charge in [-0.15, -0.1) is 0 Å². The van der Waals surface area contributed by atoms with Crippen LogP contribution in [-0.4, -0.2) is 92.2 Å². The molecule has 0 radical (unpaired) electrons. The molecule has 43 heavy (non-hydrogen) atoms. The maximum Gasteiger partial charge on any atom is 0.490 e. The third-order valence-electron chi connectivity index (χ3n) is 5.03. The Kier molecular flexibility index (Phi) is 12.8. The number of fused-ring (bicyclic) bond motifs is 1. The van der Waals surface area contributed by atoms with Crippen molar-refractivity contribution < 1.29 is 80.6 Å². The zero-order chi connectivity index (χ0) is 32.8. The largest absolute Gasteiger partial charge is 0.490 e. The molecule has 1 aliphatic rings. The topological polar surface area (TPSA) is 410 Å². The van der Waals surface area contributed by atoms with Crippen LogP contribution in [0.3, 0.4) is 0 Å². The highest BCUT2D eigenvalue weighted by Crippen LogP contribution is 2.66. The summed E-state index contributed by atoms with van der Waals surface area (Å²) in [5, 5.41) is 20.4. The maximum absolute atomic E-state index is 11.8. The second kappa shape index (κ2) is 15.0. The number of nitrogens with two attached hydrogens (primary N) is 4. The van der Waals surface area contributed by atoms with Gasteiger partial charge in [0, 0.05) is 6.42 Å². The van der Waals surface area contributed by atoms with Gasteiger partial charge in [0.2, 0.25) is 0 Å². The number of aromatic nitrogens is 4. The van der Waals surface area contributed by atoms with Crippen LogP contribution in [-0.2, 0) is 50.8 Å². The van der Waals surface area contributed by atoms with Gasteiger partial charge in [-0.1, -0.05) is 0 Å². The molecule has 244 valence electrons. The normalized spacial score (nSPS) is 23.8. The minimum Gasteiger partial charge on any atom is -0.387 e. The zero-order valence-electron chi connectivity index (χ0n) is 21.3. The van der Waals surface area contributed by atoms with Gasteiger partial charge in [0.15, 0.2) is 17.7 Å². The minimum absolute atomic E-state index is 0.0426. The summed E-state index contributed by atoms with van der Waals surface area (Å²) in [6.45, 7) is -0.956. The van der Waals surface area contributed by atoms with Crippen LogP contribution < -0.4 is 23.3 Å². The fourth-order valence-electron chi connectivity index (χ4n) is 3.16. The van der Waals surface area contributed by atoms with E-state index in [2.05, 4.69) is 49.6 Å². The van der Waals surface area contributed by atoms with Crippen LogP contribution >= 0.6 is 23.5 Å². The summed E-state index contributed by atoms with van der Waals surface area (Å²) in [7, 11) is -16.7. The number of ether oxygens (including phenoxy) is 1. The van der Waals surface area contributed by atoms with Crippen molar-refractivity contribution in [2.24, 2.45) is 17.5 Å². The Hall–Kier alpha value is -2.54. The monoisotopic (exact) mass is 684 g/mol. The van der Waals surface area contributed by atoms with Crippen LogP contribution in [0, 0.1) is 0 Å². The highest BCUT2D eigenvalue weighted by Gasteiger charge is 2.47. The Morgan fingerprint density at radius 1 is 1.00 bits per heavy atom. The van der Waals surface area contributed by atoms with Gasteiger partial charge < -0.3 is 55.7 Å². The van der Waals surface area contributed by atoms with Crippen LogP contribution in [0.4, 0.5) is 5.82 Å². The second-order valence-electron chi connectivity index (χ2n) is 8.09. The van der Waals surface area contributed by atoms with E-state index in [1.165, 1.54) is 10.9 Å². The molecule has 7 atom stereocenters. The number of imidazole rings is 1. The predicted molar refractivity (Wildman–Crippen MR) is 133 cm³/mol. The molecule has 1 aliphatic heterocycles. The molecule has 0 bridgehead atoms. The molecule has 0 aliphatic carbocycles. The molecule has 3 heterocycles. The summed E-state index contributed by atoms with van der Waals surface area (Å²) in [5.41, 5.74) is 11.2. The number of carbonyl (C=O) groups is 2. The van der Waals surface area contributed by atoms with Crippen molar-refractivity contribution in [2.75, 3.05) is 12.3 Å². The van der Waals surface area contributed by atoms with E-state index < -0.39 is 72.6 Å². The first kappa shape index (κ1) is 36.7. The van der Waals surface area contributed by atoms with Gasteiger partial charge in [-0.05, 0) is 6.42 Å². The zero-order valence-corrected chi connectivity index (χ0v) is 24.0. The molecule has 28 heteroatoms. The van der Waals surface area contributed by atoms with E-state index in [4.69, 9.17) is 30.9 Å². The van der Waals surface area contributed by atoms with E-state index in [9.17, 15) is 38.4 Å². The summed E-state index contributed by atoms with van der Waals surface area (Å²) >= 11 is 0. The molecular formula is C15H27N8O17P3. The fraction of sp³-hybridized carbons (Fsp3) is 0.533. The van der Waals surface area contributed by atoms with Crippen LogP contribution in [0.1, 0.15) is 19.1 Å². The van der Waals surface area contributed by atoms with E-state index in [1.807, 2.05) is 0 Å². The average Bonchev–Trinajstić information content (AvgIpc) is 3.45. The molecule has 0 spiro atoms. The summed E-state index contributed by atoms with van der Waals surface area (Å²) in [6, 6.07) is -0.922. The van der Waals surface area contributed by atoms with Gasteiger partial charge >= 0.3 is 35.4 Å². The van der Waals surface area contributed by atoms with Crippen molar-refractivity contribution in [3.05, 3.63) is 12.7 Å². The summed E-state index contributed by atoms with van der Waals surface area (Å²) in [4.78, 5) is 75.9. The lowest BCUT2D eigenvalue weighted by Gasteiger charge is -2.19. The Bertz CT molecular complexity index is 1420. The number of rotatable bonds is 12. The summed E-state index contributed by atoms with van der Waals surface area (Å²) < 4.78 is 51.9. The van der Waals surface area contributed by atoms with Gasteiger partial charge in [-0.3, -0.25) is 13.9 Å². The van der Waals surface area contributed by atoms with Crippen LogP contribution in [0.25, 0.3) is 11.2 Å². The van der Waals surface area contributed by atoms with Crippen molar-refractivity contribution in [2.45, 2.75) is 43.4 Å². The molecule has 2 unspecified atom stereocenters. The van der Waals surface area contributed by atoms with Gasteiger partial charge in [-0.25, -0.2) is 33.4 Å². The molecule has 25 nitrogen and oxygen atoms in total. The molecule has 0 aromatic carbocycles. The number of aliphatic hydroxyl groups is 2. The molecular weight excluding hydrogens is 657 g/mol. The molecule has 3 rings (SSSR count). The first-order valence-corrected chi connectivity index (χ1v) is 15.6. The van der Waals surface area contributed by atoms with E-state index >= 15 is 0 Å². The molecule has 0 saturated carbocycles. The minimum atomic E-state index is -5.70. The second-order valence-corrected chi connectivity index (χ2v) is 12.5. The first-order chi connectivity index (χ1) is 19.8. The molecule has 14 N–H and O–H groups in total. The number of carbonyl (C=O) groups excluding carboxylic acids is 2. The SMILES string of the molecule is NOC(=O)CC[C@H](N)C(=O)ON.Nc1ncnc2c1ncn2[C@@H]1O[C@H](COP(=O)(O)OP(=O)(O)OP(=O)(O)O)[C@@H](O)[C@H]1O. The fourth-order valence-corrected chi connectivity index (χ4v) is 6.19. The summed E-state index contributed by atoms with van der Waals surface area (Å²) in [5.74, 6) is 7.70. The predicted octanol–water partition coefficient (Wildman–Crippen LogP) is -3.70. The van der Waals surface area contributed by atoms with E-state index in [1.54, 1.807) is 0 Å². The van der Waals surface area contributed by atoms with Crippen molar-refractivity contribution in [3.8, 4) is 0 Å².